The lowest BCUT2D eigenvalue weighted by Gasteiger charge is -2.23. The highest BCUT2D eigenvalue weighted by Gasteiger charge is 2.07. The molecule has 1 nitrogen and oxygen atoms in total. The largest absolute Gasteiger partial charge is 0.291 e. The fourth-order valence-electron chi connectivity index (χ4n) is 0.927. The molecule has 0 N–H and O–H groups in total. The average Bonchev–Trinajstić information content (AvgIpc) is 2.03. The first-order valence-corrected chi connectivity index (χ1v) is 4.64. The van der Waals surface area contributed by atoms with Crippen molar-refractivity contribution in [3.8, 4) is 11.8 Å². The lowest BCUT2D eigenvalue weighted by atomic mass is 10.4. The van der Waals surface area contributed by atoms with Gasteiger partial charge in [0.1, 0.15) is 0 Å². The van der Waals surface area contributed by atoms with Crippen molar-refractivity contribution in [1.29, 1.82) is 0 Å². The Hall–Kier alpha value is -0.130. The van der Waals surface area contributed by atoms with Crippen molar-refractivity contribution >= 4 is 11.8 Å². The van der Waals surface area contributed by atoms with Crippen LogP contribution in [0.4, 0.5) is 0 Å². The summed E-state index contributed by atoms with van der Waals surface area (Å²) in [6.45, 7) is 6.77. The van der Waals surface area contributed by atoms with Gasteiger partial charge >= 0.3 is 0 Å². The summed E-state index contributed by atoms with van der Waals surface area (Å²) in [5, 5.41) is 0. The summed E-state index contributed by atoms with van der Waals surface area (Å²) in [6.07, 6.45) is 0. The Morgan fingerprint density at radius 1 is 1.40 bits per heavy atom. The summed E-state index contributed by atoms with van der Waals surface area (Å²) in [5.74, 6) is 8.17. The molecule has 0 aromatic carbocycles. The van der Waals surface area contributed by atoms with Gasteiger partial charge in [-0.15, -0.1) is 5.92 Å². The van der Waals surface area contributed by atoms with Crippen molar-refractivity contribution in [1.82, 2.24) is 4.90 Å². The standard InChI is InChI=1S/C8H12NS/c1-2-3-4-9-5-7-10-8-6-9/h1,4-8H2. The topological polar surface area (TPSA) is 3.24 Å². The second-order valence-corrected chi connectivity index (χ2v) is 3.47. The molecule has 0 atom stereocenters. The Kier molecular flexibility index (Phi) is 3.71. The number of hydrogen-bond acceptors (Lipinski definition) is 2. The van der Waals surface area contributed by atoms with Gasteiger partial charge in [0.05, 0.1) is 6.54 Å². The van der Waals surface area contributed by atoms with Crippen molar-refractivity contribution in [2.24, 2.45) is 0 Å². The maximum absolute atomic E-state index is 3.48. The van der Waals surface area contributed by atoms with Crippen LogP contribution in [0.3, 0.4) is 0 Å². The molecule has 0 amide bonds. The van der Waals surface area contributed by atoms with Gasteiger partial charge in [-0.05, 0) is 0 Å². The summed E-state index contributed by atoms with van der Waals surface area (Å²) >= 11 is 2.03. The first kappa shape index (κ1) is 7.97. The van der Waals surface area contributed by atoms with Crippen LogP contribution in [0, 0.1) is 18.8 Å². The zero-order chi connectivity index (χ0) is 7.23. The van der Waals surface area contributed by atoms with Crippen LogP contribution >= 0.6 is 11.8 Å². The van der Waals surface area contributed by atoms with Gasteiger partial charge in [-0.1, -0.05) is 5.92 Å². The van der Waals surface area contributed by atoms with Gasteiger partial charge < -0.3 is 0 Å². The number of thioether (sulfide) groups is 1. The molecular weight excluding hydrogens is 142 g/mol. The summed E-state index contributed by atoms with van der Waals surface area (Å²) in [5.41, 5.74) is 0. The molecule has 1 aliphatic heterocycles. The van der Waals surface area contributed by atoms with Gasteiger partial charge in [-0.2, -0.15) is 11.8 Å². The lowest BCUT2D eigenvalue weighted by molar-refractivity contribution is 0.341. The van der Waals surface area contributed by atoms with Gasteiger partial charge in [-0.25, -0.2) is 0 Å². The molecule has 0 saturated carbocycles. The molecule has 1 saturated heterocycles. The molecule has 1 radical (unpaired) electrons. The van der Waals surface area contributed by atoms with E-state index in [0.717, 1.165) is 6.54 Å². The second kappa shape index (κ2) is 4.65. The van der Waals surface area contributed by atoms with E-state index in [2.05, 4.69) is 23.7 Å². The van der Waals surface area contributed by atoms with E-state index in [1.54, 1.807) is 0 Å². The minimum absolute atomic E-state index is 0.907. The predicted molar refractivity (Wildman–Crippen MR) is 46.9 cm³/mol. The molecule has 0 unspecified atom stereocenters. The molecule has 2 heteroatoms. The molecule has 0 aromatic rings. The van der Waals surface area contributed by atoms with Gasteiger partial charge in [0.15, 0.2) is 0 Å². The molecular formula is C8H12NS. The van der Waals surface area contributed by atoms with E-state index in [1.165, 1.54) is 24.6 Å². The van der Waals surface area contributed by atoms with Crippen LogP contribution in [0.15, 0.2) is 0 Å². The second-order valence-electron chi connectivity index (χ2n) is 2.24. The zero-order valence-electron chi connectivity index (χ0n) is 6.10. The van der Waals surface area contributed by atoms with Crippen LogP contribution in [0.2, 0.25) is 0 Å². The van der Waals surface area contributed by atoms with Crippen LogP contribution in [0.5, 0.6) is 0 Å². The molecule has 1 aliphatic rings. The van der Waals surface area contributed by atoms with Gasteiger partial charge in [0.2, 0.25) is 0 Å². The Balaban J connectivity index is 2.17. The van der Waals surface area contributed by atoms with Crippen molar-refractivity contribution < 1.29 is 0 Å². The SMILES string of the molecule is [CH2]C#CCN1CCSCC1. The fraction of sp³-hybridized carbons (Fsp3) is 0.625. The molecule has 1 rings (SSSR count). The molecule has 0 aromatic heterocycles. The van der Waals surface area contributed by atoms with Gasteiger partial charge in [0.25, 0.3) is 0 Å². The molecule has 1 fully saturated rings. The Morgan fingerprint density at radius 3 is 2.70 bits per heavy atom. The smallest absolute Gasteiger partial charge is 0.0602 e. The third kappa shape index (κ3) is 2.64. The van der Waals surface area contributed by atoms with E-state index in [1.807, 2.05) is 11.8 Å². The number of rotatable bonds is 1. The molecule has 1 heterocycles. The Bertz CT molecular complexity index is 139. The van der Waals surface area contributed by atoms with E-state index in [4.69, 9.17) is 0 Å². The van der Waals surface area contributed by atoms with Crippen molar-refractivity contribution in [2.75, 3.05) is 31.1 Å². The first-order chi connectivity index (χ1) is 4.93. The average molecular weight is 154 g/mol. The first-order valence-electron chi connectivity index (χ1n) is 3.48. The van der Waals surface area contributed by atoms with E-state index in [-0.39, 0.29) is 0 Å². The van der Waals surface area contributed by atoms with Crippen LogP contribution in [-0.4, -0.2) is 36.0 Å². The monoisotopic (exact) mass is 154 g/mol. The van der Waals surface area contributed by atoms with E-state index >= 15 is 0 Å². The van der Waals surface area contributed by atoms with E-state index in [0.29, 0.717) is 0 Å². The molecule has 10 heavy (non-hydrogen) atoms. The maximum atomic E-state index is 3.48. The normalized spacial score (nSPS) is 19.7. The lowest BCUT2D eigenvalue weighted by Crippen LogP contribution is -2.32. The third-order valence-electron chi connectivity index (χ3n) is 1.53. The number of nitrogens with zero attached hydrogens (tertiary/aromatic N) is 1. The van der Waals surface area contributed by atoms with Gasteiger partial charge in [0, 0.05) is 31.5 Å². The van der Waals surface area contributed by atoms with Crippen molar-refractivity contribution in [2.45, 2.75) is 0 Å². The molecule has 0 spiro atoms. The zero-order valence-corrected chi connectivity index (χ0v) is 6.91. The van der Waals surface area contributed by atoms with Crippen LogP contribution in [-0.2, 0) is 0 Å². The van der Waals surface area contributed by atoms with Crippen molar-refractivity contribution in [3.63, 3.8) is 0 Å². The summed E-state index contributed by atoms with van der Waals surface area (Å²) in [7, 11) is 0. The minimum atomic E-state index is 0.907. The van der Waals surface area contributed by atoms with Gasteiger partial charge in [-0.3, -0.25) is 4.90 Å². The molecule has 0 bridgehead atoms. The minimum Gasteiger partial charge on any atom is -0.291 e. The highest BCUT2D eigenvalue weighted by Crippen LogP contribution is 2.07. The maximum Gasteiger partial charge on any atom is 0.0602 e. The molecule has 0 aliphatic carbocycles. The quantitative estimate of drug-likeness (QED) is 0.516. The summed E-state index contributed by atoms with van der Waals surface area (Å²) in [4.78, 5) is 2.37. The predicted octanol–water partition coefficient (Wildman–Crippen LogP) is 0.873. The molecule has 55 valence electrons. The Labute approximate surface area is 67.2 Å². The summed E-state index contributed by atoms with van der Waals surface area (Å²) < 4.78 is 0. The van der Waals surface area contributed by atoms with Crippen LogP contribution in [0.1, 0.15) is 0 Å². The number of hydrogen-bond donors (Lipinski definition) is 0. The Morgan fingerprint density at radius 2 is 2.10 bits per heavy atom. The highest BCUT2D eigenvalue weighted by molar-refractivity contribution is 7.99. The van der Waals surface area contributed by atoms with Crippen LogP contribution in [0.25, 0.3) is 0 Å². The summed E-state index contributed by atoms with van der Waals surface area (Å²) in [6, 6.07) is 0. The van der Waals surface area contributed by atoms with E-state index in [9.17, 15) is 0 Å². The van der Waals surface area contributed by atoms with Crippen molar-refractivity contribution in [3.05, 3.63) is 6.92 Å². The van der Waals surface area contributed by atoms with Crippen LogP contribution < -0.4 is 0 Å². The fourth-order valence-corrected chi connectivity index (χ4v) is 1.91. The third-order valence-corrected chi connectivity index (χ3v) is 2.47. The highest BCUT2D eigenvalue weighted by atomic mass is 32.2. The van der Waals surface area contributed by atoms with E-state index < -0.39 is 0 Å².